The molecule has 0 amide bonds. The Morgan fingerprint density at radius 1 is 1.14 bits per heavy atom. The van der Waals surface area contributed by atoms with Gasteiger partial charge in [0.1, 0.15) is 0 Å². The zero-order chi connectivity index (χ0) is 15.4. The SMILES string of the molecule is [N-]=[N+]=NCc1ccc(-c2ccccc2-c2noc(=O)[nH]2)cc1. The molecule has 3 rings (SSSR count). The summed E-state index contributed by atoms with van der Waals surface area (Å²) in [7, 11) is 0. The molecule has 1 heterocycles. The summed E-state index contributed by atoms with van der Waals surface area (Å²) in [4.78, 5) is 16.4. The van der Waals surface area contributed by atoms with Gasteiger partial charge in [0.05, 0.1) is 6.54 Å². The summed E-state index contributed by atoms with van der Waals surface area (Å²) in [6.45, 7) is 0.315. The number of H-pyrrole nitrogens is 1. The maximum Gasteiger partial charge on any atom is 0.439 e. The molecule has 0 fully saturated rings. The largest absolute Gasteiger partial charge is 0.439 e. The van der Waals surface area contributed by atoms with Gasteiger partial charge >= 0.3 is 5.76 Å². The molecule has 0 atom stereocenters. The van der Waals surface area contributed by atoms with Crippen LogP contribution in [0.15, 0.2) is 63.0 Å². The van der Waals surface area contributed by atoms with Crippen molar-refractivity contribution in [3.05, 3.63) is 75.1 Å². The lowest BCUT2D eigenvalue weighted by Gasteiger charge is -2.07. The van der Waals surface area contributed by atoms with Crippen molar-refractivity contribution in [1.29, 1.82) is 0 Å². The first-order valence-electron chi connectivity index (χ1n) is 6.53. The van der Waals surface area contributed by atoms with E-state index in [1.807, 2.05) is 48.5 Å². The highest BCUT2D eigenvalue weighted by molar-refractivity contribution is 5.80. The molecule has 0 radical (unpaired) electrons. The molecule has 22 heavy (non-hydrogen) atoms. The van der Waals surface area contributed by atoms with Crippen molar-refractivity contribution in [3.63, 3.8) is 0 Å². The molecule has 0 saturated carbocycles. The van der Waals surface area contributed by atoms with Gasteiger partial charge in [-0.3, -0.25) is 9.51 Å². The zero-order valence-electron chi connectivity index (χ0n) is 11.4. The molecular weight excluding hydrogens is 282 g/mol. The third-order valence-corrected chi connectivity index (χ3v) is 3.20. The van der Waals surface area contributed by atoms with E-state index in [-0.39, 0.29) is 0 Å². The van der Waals surface area contributed by atoms with Gasteiger partial charge in [-0.15, -0.1) is 0 Å². The Morgan fingerprint density at radius 2 is 1.86 bits per heavy atom. The average Bonchev–Trinajstić information content (AvgIpc) is 3.00. The summed E-state index contributed by atoms with van der Waals surface area (Å²) in [5.41, 5.74) is 11.9. The third kappa shape index (κ3) is 2.74. The van der Waals surface area contributed by atoms with E-state index < -0.39 is 5.76 Å². The molecule has 7 heteroatoms. The van der Waals surface area contributed by atoms with Crippen LogP contribution >= 0.6 is 0 Å². The molecule has 0 aliphatic heterocycles. The fourth-order valence-corrected chi connectivity index (χ4v) is 2.19. The molecule has 0 unspecified atom stereocenters. The molecule has 7 nitrogen and oxygen atoms in total. The highest BCUT2D eigenvalue weighted by Crippen LogP contribution is 2.29. The Labute approximate surface area is 124 Å². The summed E-state index contributed by atoms with van der Waals surface area (Å²) in [5, 5.41) is 7.26. The maximum absolute atomic E-state index is 11.1. The number of benzene rings is 2. The van der Waals surface area contributed by atoms with E-state index >= 15 is 0 Å². The zero-order valence-corrected chi connectivity index (χ0v) is 11.4. The molecular formula is C15H11N5O2. The monoisotopic (exact) mass is 293 g/mol. The van der Waals surface area contributed by atoms with Crippen LogP contribution in [0.25, 0.3) is 33.0 Å². The molecule has 2 aromatic carbocycles. The molecule has 0 aliphatic rings. The summed E-state index contributed by atoms with van der Waals surface area (Å²) in [6.07, 6.45) is 0. The van der Waals surface area contributed by atoms with Crippen LogP contribution in [-0.2, 0) is 6.54 Å². The van der Waals surface area contributed by atoms with Gasteiger partial charge < -0.3 is 0 Å². The van der Waals surface area contributed by atoms with Crippen molar-refractivity contribution in [2.75, 3.05) is 0 Å². The van der Waals surface area contributed by atoms with E-state index in [2.05, 4.69) is 24.7 Å². The Kier molecular flexibility index (Phi) is 3.72. The minimum absolute atomic E-state index is 0.315. The van der Waals surface area contributed by atoms with E-state index in [4.69, 9.17) is 5.53 Å². The first-order valence-corrected chi connectivity index (χ1v) is 6.53. The Balaban J connectivity index is 2.01. The van der Waals surface area contributed by atoms with Gasteiger partial charge in [0.25, 0.3) is 0 Å². The van der Waals surface area contributed by atoms with E-state index in [1.165, 1.54) is 0 Å². The maximum atomic E-state index is 11.1. The van der Waals surface area contributed by atoms with Crippen LogP contribution < -0.4 is 5.76 Å². The Bertz CT molecular complexity index is 889. The van der Waals surface area contributed by atoms with Gasteiger partial charge in [-0.25, -0.2) is 4.79 Å². The van der Waals surface area contributed by atoms with Gasteiger partial charge in [-0.05, 0) is 22.2 Å². The summed E-state index contributed by atoms with van der Waals surface area (Å²) < 4.78 is 4.57. The number of nitrogens with zero attached hydrogens (tertiary/aromatic N) is 4. The predicted molar refractivity (Wildman–Crippen MR) is 80.8 cm³/mol. The third-order valence-electron chi connectivity index (χ3n) is 3.20. The topological polar surface area (TPSA) is 108 Å². The highest BCUT2D eigenvalue weighted by Gasteiger charge is 2.10. The van der Waals surface area contributed by atoms with E-state index in [0.29, 0.717) is 12.4 Å². The number of nitrogens with one attached hydrogen (secondary N) is 1. The molecule has 3 aromatic rings. The van der Waals surface area contributed by atoms with E-state index in [1.54, 1.807) is 0 Å². The second-order valence-electron chi connectivity index (χ2n) is 4.58. The minimum atomic E-state index is -0.588. The molecule has 1 aromatic heterocycles. The van der Waals surface area contributed by atoms with Crippen molar-refractivity contribution < 1.29 is 4.52 Å². The number of aromatic nitrogens is 2. The molecule has 1 N–H and O–H groups in total. The van der Waals surface area contributed by atoms with Crippen LogP contribution in [0.2, 0.25) is 0 Å². The lowest BCUT2D eigenvalue weighted by Crippen LogP contribution is -1.95. The second-order valence-corrected chi connectivity index (χ2v) is 4.58. The number of azide groups is 1. The van der Waals surface area contributed by atoms with E-state index in [9.17, 15) is 4.79 Å². The summed E-state index contributed by atoms with van der Waals surface area (Å²) in [5.74, 6) is -0.201. The molecule has 0 spiro atoms. The minimum Gasteiger partial charge on any atom is -0.296 e. The number of hydrogen-bond donors (Lipinski definition) is 1. The summed E-state index contributed by atoms with van der Waals surface area (Å²) >= 11 is 0. The van der Waals surface area contributed by atoms with Crippen LogP contribution in [0.5, 0.6) is 0 Å². The highest BCUT2D eigenvalue weighted by atomic mass is 16.5. The Morgan fingerprint density at radius 3 is 2.50 bits per heavy atom. The van der Waals surface area contributed by atoms with Crippen LogP contribution in [0.1, 0.15) is 5.56 Å². The normalized spacial score (nSPS) is 10.2. The number of rotatable bonds is 4. The van der Waals surface area contributed by atoms with Crippen molar-refractivity contribution >= 4 is 0 Å². The summed E-state index contributed by atoms with van der Waals surface area (Å²) in [6, 6.07) is 15.2. The first-order chi connectivity index (χ1) is 10.8. The van der Waals surface area contributed by atoms with Crippen molar-refractivity contribution in [3.8, 4) is 22.5 Å². The molecule has 0 bridgehead atoms. The van der Waals surface area contributed by atoms with Crippen LogP contribution in [0, 0.1) is 0 Å². The predicted octanol–water partition coefficient (Wildman–Crippen LogP) is 3.51. The first kappa shape index (κ1) is 13.7. The van der Waals surface area contributed by atoms with Crippen molar-refractivity contribution in [2.45, 2.75) is 6.54 Å². The standard InChI is InChI=1S/C15H11N5O2/c16-20-17-9-10-5-7-11(8-6-10)12-3-1-2-4-13(12)14-18-15(21)22-19-14/h1-8H,9H2,(H,18,19,21). The lowest BCUT2D eigenvalue weighted by atomic mass is 9.98. The van der Waals surface area contributed by atoms with Crippen LogP contribution in [-0.4, -0.2) is 10.1 Å². The number of aromatic amines is 1. The van der Waals surface area contributed by atoms with Gasteiger partial charge in [-0.2, -0.15) is 0 Å². The number of hydrogen-bond acceptors (Lipinski definition) is 4. The van der Waals surface area contributed by atoms with Crippen LogP contribution in [0.4, 0.5) is 0 Å². The Hall–Kier alpha value is -3.31. The van der Waals surface area contributed by atoms with Gasteiger partial charge in [-0.1, -0.05) is 58.8 Å². The van der Waals surface area contributed by atoms with Crippen molar-refractivity contribution in [1.82, 2.24) is 10.1 Å². The average molecular weight is 293 g/mol. The van der Waals surface area contributed by atoms with E-state index in [0.717, 1.165) is 22.3 Å². The lowest BCUT2D eigenvalue weighted by molar-refractivity contribution is 0.388. The van der Waals surface area contributed by atoms with Gasteiger partial charge in [0.2, 0.25) is 0 Å². The molecule has 0 saturated heterocycles. The quantitative estimate of drug-likeness (QED) is 0.451. The van der Waals surface area contributed by atoms with Gasteiger partial charge in [0, 0.05) is 10.5 Å². The molecule has 108 valence electrons. The second kappa shape index (κ2) is 5.99. The molecule has 0 aliphatic carbocycles. The fourth-order valence-electron chi connectivity index (χ4n) is 2.19. The van der Waals surface area contributed by atoms with Gasteiger partial charge in [0.15, 0.2) is 5.82 Å². The van der Waals surface area contributed by atoms with Crippen LogP contribution in [0.3, 0.4) is 0 Å². The smallest absolute Gasteiger partial charge is 0.296 e. The fraction of sp³-hybridized carbons (Fsp3) is 0.0667. The van der Waals surface area contributed by atoms with Crippen molar-refractivity contribution in [2.24, 2.45) is 5.11 Å².